The van der Waals surface area contributed by atoms with Gasteiger partial charge in [0.1, 0.15) is 6.61 Å². The minimum Gasteiger partial charge on any atom is -0.462 e. The van der Waals surface area contributed by atoms with E-state index >= 15 is 0 Å². The third-order valence-electron chi connectivity index (χ3n) is 8.25. The van der Waals surface area contributed by atoms with Crippen LogP contribution in [0.25, 0.3) is 0 Å². The predicted octanol–water partition coefficient (Wildman–Crippen LogP) is 11.0. The van der Waals surface area contributed by atoms with Crippen LogP contribution in [0.3, 0.4) is 0 Å². The Balaban J connectivity index is 4.20. The molecule has 0 bridgehead atoms. The van der Waals surface area contributed by atoms with E-state index in [9.17, 15) is 19.0 Å². The van der Waals surface area contributed by atoms with Crippen LogP contribution in [0.5, 0.6) is 0 Å². The molecule has 50 heavy (non-hydrogen) atoms. The van der Waals surface area contributed by atoms with E-state index in [1.165, 1.54) is 64.2 Å². The maximum absolute atomic E-state index is 12.5. The van der Waals surface area contributed by atoms with Crippen LogP contribution < -0.4 is 5.73 Å². The molecule has 2 unspecified atom stereocenters. The van der Waals surface area contributed by atoms with Crippen LogP contribution in [0.4, 0.5) is 0 Å². The van der Waals surface area contributed by atoms with Crippen molar-refractivity contribution in [1.82, 2.24) is 0 Å². The molecule has 292 valence electrons. The molecule has 0 aromatic heterocycles. The van der Waals surface area contributed by atoms with Crippen LogP contribution in [0.15, 0.2) is 36.5 Å². The van der Waals surface area contributed by atoms with Gasteiger partial charge in [0.2, 0.25) is 0 Å². The van der Waals surface area contributed by atoms with Crippen molar-refractivity contribution >= 4 is 19.8 Å². The molecule has 3 N–H and O–H groups in total. The molecule has 0 radical (unpaired) electrons. The lowest BCUT2D eigenvalue weighted by Crippen LogP contribution is -2.29. The fraction of sp³-hybridized carbons (Fsp3) is 0.800. The number of rotatable bonds is 37. The highest BCUT2D eigenvalue weighted by Crippen LogP contribution is 2.43. The lowest BCUT2D eigenvalue weighted by atomic mass is 10.1. The van der Waals surface area contributed by atoms with Gasteiger partial charge in [-0.25, -0.2) is 4.57 Å². The standard InChI is InChI=1S/C40H74NO8P/c1-3-5-7-9-11-13-15-16-17-18-19-20-21-23-25-27-29-31-33-40(43)49-38(37-48-50(44,45)47-35-34-41)36-46-39(42)32-30-28-26-24-22-14-12-10-8-6-4-2/h10,12-13,15,17-18,38H,3-9,11,14,16,19-37,41H2,1-2H3,(H,44,45)/b12-10-,15-13-,18-17-. The molecule has 2 atom stereocenters. The Morgan fingerprint density at radius 1 is 0.600 bits per heavy atom. The van der Waals surface area contributed by atoms with Gasteiger partial charge in [0.05, 0.1) is 13.2 Å². The molecule has 0 heterocycles. The van der Waals surface area contributed by atoms with Crippen LogP contribution in [0, 0.1) is 0 Å². The highest BCUT2D eigenvalue weighted by Gasteiger charge is 2.25. The van der Waals surface area contributed by atoms with Crippen molar-refractivity contribution in [3.8, 4) is 0 Å². The van der Waals surface area contributed by atoms with E-state index in [0.717, 1.165) is 77.0 Å². The number of phosphoric acid groups is 1. The smallest absolute Gasteiger partial charge is 0.462 e. The Morgan fingerprint density at radius 3 is 1.60 bits per heavy atom. The van der Waals surface area contributed by atoms with Crippen LogP contribution in [0.2, 0.25) is 0 Å². The van der Waals surface area contributed by atoms with Gasteiger partial charge in [0.15, 0.2) is 6.10 Å². The van der Waals surface area contributed by atoms with Crippen molar-refractivity contribution in [1.29, 1.82) is 0 Å². The van der Waals surface area contributed by atoms with Gasteiger partial charge in [-0.15, -0.1) is 0 Å². The molecule has 0 aliphatic rings. The summed E-state index contributed by atoms with van der Waals surface area (Å²) in [5.41, 5.74) is 5.33. The lowest BCUT2D eigenvalue weighted by Gasteiger charge is -2.19. The molecule has 0 aliphatic heterocycles. The normalized spacial score (nSPS) is 13.8. The van der Waals surface area contributed by atoms with Gasteiger partial charge in [0.25, 0.3) is 0 Å². The van der Waals surface area contributed by atoms with Gasteiger partial charge in [-0.05, 0) is 64.2 Å². The highest BCUT2D eigenvalue weighted by atomic mass is 31.2. The van der Waals surface area contributed by atoms with Crippen LogP contribution >= 0.6 is 7.82 Å². The van der Waals surface area contributed by atoms with Gasteiger partial charge in [0, 0.05) is 19.4 Å². The topological polar surface area (TPSA) is 134 Å². The average Bonchev–Trinajstić information content (AvgIpc) is 3.10. The summed E-state index contributed by atoms with van der Waals surface area (Å²) in [4.78, 5) is 34.7. The number of allylic oxidation sites excluding steroid dienone is 6. The minimum absolute atomic E-state index is 0.0504. The van der Waals surface area contributed by atoms with E-state index in [-0.39, 0.29) is 32.6 Å². The van der Waals surface area contributed by atoms with E-state index in [1.54, 1.807) is 0 Å². The first-order chi connectivity index (χ1) is 24.3. The first-order valence-electron chi connectivity index (χ1n) is 20.0. The van der Waals surface area contributed by atoms with Gasteiger partial charge >= 0.3 is 19.8 Å². The Hall–Kier alpha value is -1.77. The van der Waals surface area contributed by atoms with Crippen LogP contribution in [0.1, 0.15) is 174 Å². The molecular weight excluding hydrogens is 653 g/mol. The molecule has 0 saturated carbocycles. The number of ether oxygens (including phenoxy) is 2. The summed E-state index contributed by atoms with van der Waals surface area (Å²) in [6.07, 6.45) is 38.9. The maximum atomic E-state index is 12.5. The fourth-order valence-corrected chi connectivity index (χ4v) is 6.00. The quantitative estimate of drug-likeness (QED) is 0.0277. The Morgan fingerprint density at radius 2 is 1.06 bits per heavy atom. The fourth-order valence-electron chi connectivity index (χ4n) is 5.23. The molecule has 0 aliphatic carbocycles. The van der Waals surface area contributed by atoms with E-state index in [1.807, 2.05) is 0 Å². The first kappa shape index (κ1) is 48.2. The second-order valence-corrected chi connectivity index (χ2v) is 14.6. The van der Waals surface area contributed by atoms with Crippen LogP contribution in [-0.2, 0) is 32.7 Å². The molecular formula is C40H74NO8P. The number of carbonyl (C=O) groups excluding carboxylic acids is 2. The van der Waals surface area contributed by atoms with Gasteiger partial charge in [-0.3, -0.25) is 18.6 Å². The summed E-state index contributed by atoms with van der Waals surface area (Å²) >= 11 is 0. The van der Waals surface area contributed by atoms with Gasteiger partial charge < -0.3 is 20.1 Å². The molecule has 0 rings (SSSR count). The zero-order chi connectivity index (χ0) is 36.8. The van der Waals surface area contributed by atoms with Gasteiger partial charge in [-0.2, -0.15) is 0 Å². The number of unbranched alkanes of at least 4 members (excludes halogenated alkanes) is 18. The van der Waals surface area contributed by atoms with E-state index < -0.39 is 32.5 Å². The number of nitrogens with two attached hydrogens (primary N) is 1. The largest absolute Gasteiger partial charge is 0.472 e. The second-order valence-electron chi connectivity index (χ2n) is 13.1. The molecule has 0 amide bonds. The van der Waals surface area contributed by atoms with Crippen molar-refractivity contribution in [2.45, 2.75) is 180 Å². The number of carbonyl (C=O) groups is 2. The average molecular weight is 728 g/mol. The predicted molar refractivity (Wildman–Crippen MR) is 206 cm³/mol. The van der Waals surface area contributed by atoms with E-state index in [4.69, 9.17) is 24.3 Å². The van der Waals surface area contributed by atoms with E-state index in [2.05, 4.69) is 50.3 Å². The summed E-state index contributed by atoms with van der Waals surface area (Å²) in [6, 6.07) is 0. The summed E-state index contributed by atoms with van der Waals surface area (Å²) in [5, 5.41) is 0. The molecule has 0 fully saturated rings. The van der Waals surface area contributed by atoms with Crippen LogP contribution in [-0.4, -0.2) is 49.3 Å². The van der Waals surface area contributed by atoms with E-state index in [0.29, 0.717) is 6.42 Å². The molecule has 10 heteroatoms. The number of hydrogen-bond donors (Lipinski definition) is 2. The molecule has 9 nitrogen and oxygen atoms in total. The van der Waals surface area contributed by atoms with Crippen molar-refractivity contribution < 1.29 is 37.6 Å². The molecule has 0 spiro atoms. The monoisotopic (exact) mass is 728 g/mol. The zero-order valence-electron chi connectivity index (χ0n) is 31.9. The summed E-state index contributed by atoms with van der Waals surface area (Å²) < 4.78 is 32.6. The minimum atomic E-state index is -4.37. The number of esters is 2. The first-order valence-corrected chi connectivity index (χ1v) is 21.5. The van der Waals surface area contributed by atoms with Crippen molar-refractivity contribution in [3.05, 3.63) is 36.5 Å². The third-order valence-corrected chi connectivity index (χ3v) is 9.23. The van der Waals surface area contributed by atoms with Crippen molar-refractivity contribution in [3.63, 3.8) is 0 Å². The number of hydrogen-bond acceptors (Lipinski definition) is 8. The second kappa shape index (κ2) is 37.0. The maximum Gasteiger partial charge on any atom is 0.472 e. The Bertz CT molecular complexity index is 923. The molecule has 0 aromatic rings. The third kappa shape index (κ3) is 36.0. The Labute approximate surface area is 305 Å². The van der Waals surface area contributed by atoms with Gasteiger partial charge in [-0.1, -0.05) is 134 Å². The summed E-state index contributed by atoms with van der Waals surface area (Å²) in [6.45, 7) is 3.65. The zero-order valence-corrected chi connectivity index (χ0v) is 32.8. The molecule has 0 saturated heterocycles. The summed E-state index contributed by atoms with van der Waals surface area (Å²) in [5.74, 6) is -0.850. The SMILES string of the molecule is CCCC/C=C\CCCCCCCC(=O)OCC(COP(=O)(O)OCCN)OC(=O)CCCCCCCCC/C=C\C/C=C\CCCCCC. The molecule has 0 aromatic carbocycles. The van der Waals surface area contributed by atoms with Crippen molar-refractivity contribution in [2.75, 3.05) is 26.4 Å². The van der Waals surface area contributed by atoms with Crippen molar-refractivity contribution in [2.24, 2.45) is 5.73 Å². The lowest BCUT2D eigenvalue weighted by molar-refractivity contribution is -0.161. The number of phosphoric ester groups is 1. The highest BCUT2D eigenvalue weighted by molar-refractivity contribution is 7.47. The Kier molecular flexibility index (Phi) is 35.7. The summed E-state index contributed by atoms with van der Waals surface area (Å²) in [7, 11) is -4.37.